The summed E-state index contributed by atoms with van der Waals surface area (Å²) in [6.07, 6.45) is 0.275. The number of hydrogen-bond donors (Lipinski definition) is 0. The highest BCUT2D eigenvalue weighted by Crippen LogP contribution is 2.02. The van der Waals surface area contributed by atoms with Crippen LogP contribution in [0.3, 0.4) is 0 Å². The van der Waals surface area contributed by atoms with Gasteiger partial charge in [-0.15, -0.1) is 0 Å². The first-order valence-electron chi connectivity index (χ1n) is 4.63. The summed E-state index contributed by atoms with van der Waals surface area (Å²) < 4.78 is 4.78. The van der Waals surface area contributed by atoms with E-state index in [9.17, 15) is 9.59 Å². The maximum Gasteiger partial charge on any atom is 0.374 e. The van der Waals surface area contributed by atoms with E-state index >= 15 is 0 Å². The molecule has 0 radical (unpaired) electrons. The third kappa shape index (κ3) is 6.31. The monoisotopic (exact) mass is 186 g/mol. The second kappa shape index (κ2) is 5.73. The Morgan fingerprint density at radius 3 is 2.00 bits per heavy atom. The molecule has 3 nitrogen and oxygen atoms in total. The quantitative estimate of drug-likeness (QED) is 0.485. The molecule has 0 aromatic carbocycles. The molecular formula is C10H18O3. The summed E-state index contributed by atoms with van der Waals surface area (Å²) in [5.74, 6) is -0.632. The molecule has 3 heteroatoms. The highest BCUT2D eigenvalue weighted by Gasteiger charge is 2.16. The molecule has 0 aromatic heterocycles. The van der Waals surface area contributed by atoms with Crippen molar-refractivity contribution in [2.24, 2.45) is 11.8 Å². The number of rotatable bonds is 5. The number of esters is 1. The van der Waals surface area contributed by atoms with Gasteiger partial charge in [0.25, 0.3) is 0 Å². The van der Waals surface area contributed by atoms with Gasteiger partial charge in [-0.3, -0.25) is 4.79 Å². The van der Waals surface area contributed by atoms with Gasteiger partial charge < -0.3 is 4.74 Å². The summed E-state index contributed by atoms with van der Waals surface area (Å²) in [6.45, 7) is 7.98. The standard InChI is InChI=1S/C10H18O3/c1-7(2)5-9(11)10(12)13-6-8(3)4/h7-8H,5-6H2,1-4H3. The average molecular weight is 186 g/mol. The van der Waals surface area contributed by atoms with Gasteiger partial charge in [0.15, 0.2) is 0 Å². The van der Waals surface area contributed by atoms with Crippen LogP contribution in [-0.4, -0.2) is 18.4 Å². The van der Waals surface area contributed by atoms with E-state index in [4.69, 9.17) is 4.74 Å². The van der Waals surface area contributed by atoms with E-state index < -0.39 is 11.8 Å². The molecule has 0 aliphatic carbocycles. The highest BCUT2D eigenvalue weighted by molar-refractivity contribution is 6.33. The summed E-state index contributed by atoms with van der Waals surface area (Å²) in [7, 11) is 0. The highest BCUT2D eigenvalue weighted by atomic mass is 16.5. The van der Waals surface area contributed by atoms with Crippen molar-refractivity contribution in [3.05, 3.63) is 0 Å². The second-order valence-corrected chi connectivity index (χ2v) is 4.01. The van der Waals surface area contributed by atoms with Crippen LogP contribution in [0.5, 0.6) is 0 Å². The molecule has 0 spiro atoms. The third-order valence-corrected chi connectivity index (χ3v) is 1.37. The van der Waals surface area contributed by atoms with Gasteiger partial charge in [0.05, 0.1) is 6.61 Å². The van der Waals surface area contributed by atoms with Crippen molar-refractivity contribution < 1.29 is 14.3 Å². The molecule has 0 rings (SSSR count). The van der Waals surface area contributed by atoms with E-state index in [1.807, 2.05) is 27.7 Å². The Balaban J connectivity index is 3.77. The minimum atomic E-state index is -0.692. The summed E-state index contributed by atoms with van der Waals surface area (Å²) in [6, 6.07) is 0. The molecule has 0 aliphatic heterocycles. The average Bonchev–Trinajstić information content (AvgIpc) is 1.98. The molecule has 0 aromatic rings. The lowest BCUT2D eigenvalue weighted by Crippen LogP contribution is -2.20. The zero-order valence-electron chi connectivity index (χ0n) is 8.79. The minimum absolute atomic E-state index is 0.207. The Morgan fingerprint density at radius 2 is 1.62 bits per heavy atom. The number of Topliss-reactive ketones (excluding diaryl/α,β-unsaturated/α-hetero) is 1. The van der Waals surface area contributed by atoms with E-state index in [1.54, 1.807) is 0 Å². The van der Waals surface area contributed by atoms with E-state index in [-0.39, 0.29) is 18.3 Å². The predicted molar refractivity (Wildman–Crippen MR) is 50.3 cm³/mol. The molecule has 0 unspecified atom stereocenters. The van der Waals surface area contributed by atoms with Gasteiger partial charge in [-0.1, -0.05) is 27.7 Å². The number of carbonyl (C=O) groups excluding carboxylic acids is 2. The number of ether oxygens (including phenoxy) is 1. The lowest BCUT2D eigenvalue weighted by atomic mass is 10.1. The van der Waals surface area contributed by atoms with Gasteiger partial charge >= 0.3 is 5.97 Å². The SMILES string of the molecule is CC(C)COC(=O)C(=O)CC(C)C. The Kier molecular flexibility index (Phi) is 5.35. The van der Waals surface area contributed by atoms with Crippen molar-refractivity contribution in [1.29, 1.82) is 0 Å². The van der Waals surface area contributed by atoms with E-state index in [1.165, 1.54) is 0 Å². The van der Waals surface area contributed by atoms with Gasteiger partial charge in [-0.2, -0.15) is 0 Å². The molecule has 0 bridgehead atoms. The first-order valence-corrected chi connectivity index (χ1v) is 4.63. The van der Waals surface area contributed by atoms with Crippen LogP contribution >= 0.6 is 0 Å². The summed E-state index contributed by atoms with van der Waals surface area (Å²) in [4.78, 5) is 22.1. The van der Waals surface area contributed by atoms with E-state index in [0.717, 1.165) is 0 Å². The maximum atomic E-state index is 11.1. The molecule has 0 aliphatic rings. The van der Waals surface area contributed by atoms with Crippen molar-refractivity contribution >= 4 is 11.8 Å². The molecule has 0 atom stereocenters. The van der Waals surface area contributed by atoms with Crippen LogP contribution < -0.4 is 0 Å². The van der Waals surface area contributed by atoms with Gasteiger partial charge in [-0.05, 0) is 11.8 Å². The Labute approximate surface area is 79.5 Å². The lowest BCUT2D eigenvalue weighted by molar-refractivity contribution is -0.155. The summed E-state index contributed by atoms with van der Waals surface area (Å²) in [5, 5.41) is 0. The zero-order valence-corrected chi connectivity index (χ0v) is 8.79. The fraction of sp³-hybridized carbons (Fsp3) is 0.800. The molecule has 0 N–H and O–H groups in total. The largest absolute Gasteiger partial charge is 0.460 e. The van der Waals surface area contributed by atoms with Crippen LogP contribution in [0.1, 0.15) is 34.1 Å². The van der Waals surface area contributed by atoms with Crippen LogP contribution in [0, 0.1) is 11.8 Å². The van der Waals surface area contributed by atoms with Crippen LogP contribution in [-0.2, 0) is 14.3 Å². The first-order chi connectivity index (χ1) is 5.93. The van der Waals surface area contributed by atoms with Gasteiger partial charge in [-0.25, -0.2) is 4.79 Å². The molecule has 0 fully saturated rings. The Bertz CT molecular complexity index is 183. The van der Waals surface area contributed by atoms with Crippen molar-refractivity contribution in [2.45, 2.75) is 34.1 Å². The minimum Gasteiger partial charge on any atom is -0.460 e. The Morgan fingerprint density at radius 1 is 1.08 bits per heavy atom. The van der Waals surface area contributed by atoms with Crippen molar-refractivity contribution in [3.8, 4) is 0 Å². The molecule has 76 valence electrons. The first kappa shape index (κ1) is 12.1. The molecular weight excluding hydrogens is 168 g/mol. The topological polar surface area (TPSA) is 43.4 Å². The smallest absolute Gasteiger partial charge is 0.374 e. The number of hydrogen-bond acceptors (Lipinski definition) is 3. The van der Waals surface area contributed by atoms with Crippen molar-refractivity contribution in [1.82, 2.24) is 0 Å². The van der Waals surface area contributed by atoms with Crippen molar-refractivity contribution in [2.75, 3.05) is 6.61 Å². The van der Waals surface area contributed by atoms with E-state index in [0.29, 0.717) is 6.61 Å². The number of carbonyl (C=O) groups is 2. The van der Waals surface area contributed by atoms with Crippen LogP contribution in [0.4, 0.5) is 0 Å². The number of ketones is 1. The van der Waals surface area contributed by atoms with Crippen LogP contribution in [0.2, 0.25) is 0 Å². The molecule has 0 saturated heterocycles. The maximum absolute atomic E-state index is 11.1. The van der Waals surface area contributed by atoms with Crippen molar-refractivity contribution in [3.63, 3.8) is 0 Å². The van der Waals surface area contributed by atoms with E-state index in [2.05, 4.69) is 0 Å². The Hall–Kier alpha value is -0.860. The fourth-order valence-corrected chi connectivity index (χ4v) is 0.777. The summed E-state index contributed by atoms with van der Waals surface area (Å²) in [5.41, 5.74) is 0. The zero-order chi connectivity index (χ0) is 10.4. The third-order valence-electron chi connectivity index (χ3n) is 1.37. The molecule has 0 saturated carbocycles. The van der Waals surface area contributed by atoms with Gasteiger partial charge in [0, 0.05) is 6.42 Å². The van der Waals surface area contributed by atoms with Crippen LogP contribution in [0.25, 0.3) is 0 Å². The molecule has 0 heterocycles. The summed E-state index contributed by atoms with van der Waals surface area (Å²) >= 11 is 0. The normalized spacial score (nSPS) is 10.6. The second-order valence-electron chi connectivity index (χ2n) is 4.01. The molecule has 0 amide bonds. The molecule has 13 heavy (non-hydrogen) atoms. The van der Waals surface area contributed by atoms with Gasteiger partial charge in [0.1, 0.15) is 0 Å². The van der Waals surface area contributed by atoms with Crippen LogP contribution in [0.15, 0.2) is 0 Å². The lowest BCUT2D eigenvalue weighted by Gasteiger charge is -2.06. The van der Waals surface area contributed by atoms with Gasteiger partial charge in [0.2, 0.25) is 5.78 Å². The fourth-order valence-electron chi connectivity index (χ4n) is 0.777. The predicted octanol–water partition coefficient (Wildman–Crippen LogP) is 1.80.